The Bertz CT molecular complexity index is 454. The summed E-state index contributed by atoms with van der Waals surface area (Å²) in [6.45, 7) is 7.06. The average molecular weight is 274 g/mol. The van der Waals surface area contributed by atoms with Gasteiger partial charge in [0.1, 0.15) is 11.5 Å². The van der Waals surface area contributed by atoms with Crippen LogP contribution in [0.1, 0.15) is 31.8 Å². The number of hydrogen-bond donors (Lipinski definition) is 2. The van der Waals surface area contributed by atoms with E-state index in [0.717, 1.165) is 18.7 Å². The Balaban J connectivity index is 2.43. The third-order valence-corrected chi connectivity index (χ3v) is 4.40. The van der Waals surface area contributed by atoms with E-state index in [-0.39, 0.29) is 6.54 Å². The molecule has 1 aromatic heterocycles. The quantitative estimate of drug-likeness (QED) is 0.703. The van der Waals surface area contributed by atoms with Crippen LogP contribution in [0.5, 0.6) is 0 Å². The molecule has 0 fully saturated rings. The summed E-state index contributed by atoms with van der Waals surface area (Å²) in [6, 6.07) is 3.59. The molecule has 0 spiro atoms. The van der Waals surface area contributed by atoms with E-state index in [1.165, 1.54) is 0 Å². The normalized spacial score (nSPS) is 13.7. The lowest BCUT2D eigenvalue weighted by Crippen LogP contribution is -2.38. The fraction of sp³-hybridized carbons (Fsp3) is 0.667. The van der Waals surface area contributed by atoms with Crippen molar-refractivity contribution in [2.24, 2.45) is 0 Å². The Morgan fingerprint density at radius 3 is 2.67 bits per heavy atom. The Morgan fingerprint density at radius 2 is 2.11 bits per heavy atom. The molecule has 104 valence electrons. The van der Waals surface area contributed by atoms with Crippen LogP contribution < -0.4 is 10.0 Å². The van der Waals surface area contributed by atoms with Crippen LogP contribution in [0.2, 0.25) is 0 Å². The first kappa shape index (κ1) is 15.2. The highest BCUT2D eigenvalue weighted by molar-refractivity contribution is 7.90. The molecule has 1 rings (SSSR count). The zero-order valence-corrected chi connectivity index (χ0v) is 12.0. The van der Waals surface area contributed by atoms with E-state index < -0.39 is 15.3 Å². The van der Waals surface area contributed by atoms with Gasteiger partial charge in [0, 0.05) is 6.54 Å². The van der Waals surface area contributed by atoms with Crippen molar-refractivity contribution in [3.63, 3.8) is 0 Å². The molecule has 0 aliphatic carbocycles. The van der Waals surface area contributed by atoms with Gasteiger partial charge < -0.3 is 9.73 Å². The molecule has 1 atom stereocenters. The first-order chi connectivity index (χ1) is 8.45. The van der Waals surface area contributed by atoms with Gasteiger partial charge in [-0.05, 0) is 38.9 Å². The molecule has 0 saturated carbocycles. The highest BCUT2D eigenvalue weighted by Gasteiger charge is 2.20. The number of hydrogen-bond acceptors (Lipinski definition) is 4. The predicted molar refractivity (Wildman–Crippen MR) is 71.8 cm³/mol. The summed E-state index contributed by atoms with van der Waals surface area (Å²) < 4.78 is 31.7. The molecule has 1 aromatic rings. The zero-order chi connectivity index (χ0) is 13.6. The maximum absolute atomic E-state index is 11.9. The average Bonchev–Trinajstić information content (AvgIpc) is 2.73. The summed E-state index contributed by atoms with van der Waals surface area (Å²) in [5, 5.41) is 2.64. The van der Waals surface area contributed by atoms with Crippen LogP contribution in [0.3, 0.4) is 0 Å². The Kier molecular flexibility index (Phi) is 5.84. The summed E-state index contributed by atoms with van der Waals surface area (Å²) in [6.07, 6.45) is 0.992. The monoisotopic (exact) mass is 274 g/mol. The first-order valence-electron chi connectivity index (χ1n) is 6.20. The van der Waals surface area contributed by atoms with Gasteiger partial charge in [0.25, 0.3) is 0 Å². The van der Waals surface area contributed by atoms with Gasteiger partial charge in [0.15, 0.2) is 0 Å². The van der Waals surface area contributed by atoms with Crippen LogP contribution in [-0.4, -0.2) is 26.8 Å². The molecule has 18 heavy (non-hydrogen) atoms. The van der Waals surface area contributed by atoms with Gasteiger partial charge in [-0.2, -0.15) is 0 Å². The highest BCUT2D eigenvalue weighted by atomic mass is 32.2. The van der Waals surface area contributed by atoms with Crippen LogP contribution in [0, 0.1) is 6.92 Å². The van der Waals surface area contributed by atoms with Crippen molar-refractivity contribution in [1.29, 1.82) is 0 Å². The lowest BCUT2D eigenvalue weighted by atomic mass is 10.4. The number of nitrogens with one attached hydrogen (secondary N) is 2. The van der Waals surface area contributed by atoms with Crippen LogP contribution in [0.15, 0.2) is 16.5 Å². The van der Waals surface area contributed by atoms with Crippen molar-refractivity contribution in [2.45, 2.75) is 39.0 Å². The summed E-state index contributed by atoms with van der Waals surface area (Å²) in [7, 11) is -3.30. The minimum Gasteiger partial charge on any atom is -0.465 e. The van der Waals surface area contributed by atoms with Crippen LogP contribution in [-0.2, 0) is 16.6 Å². The highest BCUT2D eigenvalue weighted by Crippen LogP contribution is 2.07. The molecule has 5 nitrogen and oxygen atoms in total. The van der Waals surface area contributed by atoms with E-state index in [1.807, 2.05) is 19.9 Å². The largest absolute Gasteiger partial charge is 0.465 e. The minimum atomic E-state index is -3.30. The van der Waals surface area contributed by atoms with Gasteiger partial charge >= 0.3 is 0 Å². The van der Waals surface area contributed by atoms with E-state index in [1.54, 1.807) is 13.0 Å². The van der Waals surface area contributed by atoms with Crippen LogP contribution >= 0.6 is 0 Å². The minimum absolute atomic E-state index is 0.203. The second-order valence-corrected chi connectivity index (χ2v) is 6.58. The maximum atomic E-state index is 11.9. The molecule has 0 radical (unpaired) electrons. The molecule has 1 heterocycles. The topological polar surface area (TPSA) is 71.3 Å². The summed E-state index contributed by atoms with van der Waals surface area (Å²) >= 11 is 0. The van der Waals surface area contributed by atoms with Crippen LogP contribution in [0.25, 0.3) is 0 Å². The van der Waals surface area contributed by atoms with Crippen molar-refractivity contribution in [3.8, 4) is 0 Å². The third kappa shape index (κ3) is 4.80. The maximum Gasteiger partial charge on any atom is 0.215 e. The summed E-state index contributed by atoms with van der Waals surface area (Å²) in [4.78, 5) is 0. The molecular weight excluding hydrogens is 252 g/mol. The summed E-state index contributed by atoms with van der Waals surface area (Å²) in [5.41, 5.74) is 0. The van der Waals surface area contributed by atoms with Crippen molar-refractivity contribution in [2.75, 3.05) is 13.1 Å². The molecular formula is C12H22N2O3S. The number of sulfonamides is 1. The Morgan fingerprint density at radius 1 is 1.39 bits per heavy atom. The third-order valence-electron chi connectivity index (χ3n) is 2.63. The first-order valence-corrected chi connectivity index (χ1v) is 7.75. The van der Waals surface area contributed by atoms with Gasteiger partial charge in [-0.1, -0.05) is 6.92 Å². The fourth-order valence-corrected chi connectivity index (χ4v) is 2.45. The second-order valence-electron chi connectivity index (χ2n) is 4.39. The molecule has 0 aliphatic heterocycles. The zero-order valence-electron chi connectivity index (χ0n) is 11.2. The van der Waals surface area contributed by atoms with Gasteiger partial charge in [-0.25, -0.2) is 13.1 Å². The fourth-order valence-electron chi connectivity index (χ4n) is 1.49. The van der Waals surface area contributed by atoms with Crippen molar-refractivity contribution < 1.29 is 12.8 Å². The lowest BCUT2D eigenvalue weighted by Gasteiger charge is -2.13. The molecule has 0 aromatic carbocycles. The molecule has 6 heteroatoms. The van der Waals surface area contributed by atoms with Gasteiger partial charge in [0.05, 0.1) is 11.8 Å². The van der Waals surface area contributed by atoms with Gasteiger partial charge in [0.2, 0.25) is 10.0 Å². The van der Waals surface area contributed by atoms with E-state index in [0.29, 0.717) is 12.3 Å². The Hall–Kier alpha value is -0.850. The second kappa shape index (κ2) is 6.92. The molecule has 0 bridgehead atoms. The standard InChI is InChI=1S/C12H22N2O3S/c1-4-7-13-8-11(3)18(15,16)14-9-12-6-5-10(2)17-12/h5-6,11,13-14H,4,7-9H2,1-3H3. The number of rotatable bonds is 8. The van der Waals surface area contributed by atoms with E-state index in [2.05, 4.69) is 10.0 Å². The van der Waals surface area contributed by atoms with Crippen molar-refractivity contribution in [3.05, 3.63) is 23.7 Å². The Labute approximate surface area is 109 Å². The van der Waals surface area contributed by atoms with E-state index >= 15 is 0 Å². The van der Waals surface area contributed by atoms with Crippen molar-refractivity contribution in [1.82, 2.24) is 10.0 Å². The predicted octanol–water partition coefficient (Wildman–Crippen LogP) is 1.40. The molecule has 0 amide bonds. The number of furan rings is 1. The SMILES string of the molecule is CCCNCC(C)S(=O)(=O)NCc1ccc(C)o1. The van der Waals surface area contributed by atoms with Gasteiger partial charge in [-0.15, -0.1) is 0 Å². The summed E-state index contributed by atoms with van der Waals surface area (Å²) in [5.74, 6) is 1.41. The molecule has 0 saturated heterocycles. The molecule has 1 unspecified atom stereocenters. The van der Waals surface area contributed by atoms with Crippen molar-refractivity contribution >= 4 is 10.0 Å². The van der Waals surface area contributed by atoms with Crippen LogP contribution in [0.4, 0.5) is 0 Å². The van der Waals surface area contributed by atoms with E-state index in [9.17, 15) is 8.42 Å². The van der Waals surface area contributed by atoms with Gasteiger partial charge in [-0.3, -0.25) is 0 Å². The molecule has 2 N–H and O–H groups in total. The van der Waals surface area contributed by atoms with E-state index in [4.69, 9.17) is 4.42 Å². The number of aryl methyl sites for hydroxylation is 1. The smallest absolute Gasteiger partial charge is 0.215 e. The molecule has 0 aliphatic rings. The lowest BCUT2D eigenvalue weighted by molar-refractivity contribution is 0.473.